The first-order chi connectivity index (χ1) is 15.2. The number of rotatable bonds is 13. The van der Waals surface area contributed by atoms with E-state index in [2.05, 4.69) is 6.58 Å². The van der Waals surface area contributed by atoms with Crippen molar-refractivity contribution in [3.05, 3.63) is 72.3 Å². The van der Waals surface area contributed by atoms with Crippen LogP contribution in [-0.4, -0.2) is 43.3 Å². The van der Waals surface area contributed by atoms with Gasteiger partial charge in [0.25, 0.3) is 0 Å². The predicted molar refractivity (Wildman–Crippen MR) is 124 cm³/mol. The molecule has 0 heterocycles. The fourth-order valence-electron chi connectivity index (χ4n) is 3.48. The van der Waals surface area contributed by atoms with Gasteiger partial charge in [-0.15, -0.1) is 6.58 Å². The quantitative estimate of drug-likeness (QED) is 0.452. The molecule has 32 heavy (non-hydrogen) atoms. The molecule has 2 atom stereocenters. The lowest BCUT2D eigenvalue weighted by Crippen LogP contribution is -2.42. The fourth-order valence-corrected chi connectivity index (χ4v) is 5.58. The molecule has 0 amide bonds. The number of hydrogen-bond donors (Lipinski definition) is 1. The van der Waals surface area contributed by atoms with Crippen LogP contribution in [0.25, 0.3) is 0 Å². The molecule has 0 saturated heterocycles. The number of benzene rings is 2. The van der Waals surface area contributed by atoms with Crippen molar-refractivity contribution in [2.45, 2.75) is 38.1 Å². The van der Waals surface area contributed by atoms with Gasteiger partial charge in [0.15, 0.2) is 0 Å². The first-order valence-corrected chi connectivity index (χ1v) is 11.8. The average Bonchev–Trinajstić information content (AvgIpc) is 2.78. The molecule has 1 unspecified atom stereocenters. The van der Waals surface area contributed by atoms with Gasteiger partial charge in [-0.05, 0) is 47.7 Å². The zero-order valence-electron chi connectivity index (χ0n) is 18.7. The summed E-state index contributed by atoms with van der Waals surface area (Å²) >= 11 is 0. The Balaban J connectivity index is 2.43. The Bertz CT molecular complexity index is 937. The molecule has 0 aromatic heterocycles. The number of nitrogens with zero attached hydrogens (tertiary/aromatic N) is 1. The van der Waals surface area contributed by atoms with Gasteiger partial charge in [0.05, 0.1) is 25.9 Å². The number of carboxylic acid groups (broad SMARTS) is 1. The molecular weight excluding hydrogens is 430 g/mol. The van der Waals surface area contributed by atoms with Crippen LogP contribution in [-0.2, 0) is 27.9 Å². The van der Waals surface area contributed by atoms with Gasteiger partial charge >= 0.3 is 5.97 Å². The van der Waals surface area contributed by atoms with Crippen LogP contribution < -0.4 is 9.47 Å². The van der Waals surface area contributed by atoms with E-state index in [0.717, 1.165) is 11.1 Å². The first kappa shape index (κ1) is 25.4. The largest absolute Gasteiger partial charge is 0.497 e. The second-order valence-electron chi connectivity index (χ2n) is 7.65. The van der Waals surface area contributed by atoms with Gasteiger partial charge in [0.1, 0.15) is 11.5 Å². The van der Waals surface area contributed by atoms with Crippen molar-refractivity contribution in [1.29, 1.82) is 0 Å². The summed E-state index contributed by atoms with van der Waals surface area (Å²) in [7, 11) is -0.840. The van der Waals surface area contributed by atoms with E-state index >= 15 is 0 Å². The lowest BCUT2D eigenvalue weighted by molar-refractivity contribution is -0.137. The Morgan fingerprint density at radius 2 is 1.44 bits per heavy atom. The van der Waals surface area contributed by atoms with Gasteiger partial charge < -0.3 is 14.6 Å². The summed E-state index contributed by atoms with van der Waals surface area (Å²) < 4.78 is 39.1. The van der Waals surface area contributed by atoms with Crippen LogP contribution in [0.3, 0.4) is 0 Å². The Morgan fingerprint density at radius 1 is 1.00 bits per heavy atom. The Kier molecular flexibility index (Phi) is 9.28. The van der Waals surface area contributed by atoms with Crippen LogP contribution >= 0.6 is 0 Å². The zero-order chi connectivity index (χ0) is 23.7. The van der Waals surface area contributed by atoms with Crippen molar-refractivity contribution in [2.75, 3.05) is 14.2 Å². The standard InChI is InChI=1S/C24H31NO6S/c1-5-6-18(2)23(15-24(26)27)32(28,29)25(16-19-7-11-21(30-3)12-8-19)17-20-9-13-22(31-4)14-10-20/h5,7-14,18,23H,1,6,15-17H2,2-4H3,(H,26,27)/t18-,23?/m0/s1. The van der Waals surface area contributed by atoms with Crippen molar-refractivity contribution in [1.82, 2.24) is 4.31 Å². The Hall–Kier alpha value is -2.84. The molecule has 0 aliphatic carbocycles. The second kappa shape index (κ2) is 11.7. The van der Waals surface area contributed by atoms with Crippen LogP contribution in [0, 0.1) is 5.92 Å². The smallest absolute Gasteiger partial charge is 0.304 e. The average molecular weight is 462 g/mol. The van der Waals surface area contributed by atoms with E-state index in [9.17, 15) is 18.3 Å². The monoisotopic (exact) mass is 461 g/mol. The molecule has 7 nitrogen and oxygen atoms in total. The number of aliphatic carboxylic acids is 1. The number of ether oxygens (including phenoxy) is 2. The third-order valence-corrected chi connectivity index (χ3v) is 7.70. The van der Waals surface area contributed by atoms with Crippen LogP contribution in [0.4, 0.5) is 0 Å². The van der Waals surface area contributed by atoms with E-state index < -0.39 is 33.6 Å². The number of carboxylic acids is 1. The minimum Gasteiger partial charge on any atom is -0.497 e. The van der Waals surface area contributed by atoms with Crippen molar-refractivity contribution in [2.24, 2.45) is 5.92 Å². The van der Waals surface area contributed by atoms with Gasteiger partial charge in [0.2, 0.25) is 10.0 Å². The van der Waals surface area contributed by atoms with Gasteiger partial charge in [-0.1, -0.05) is 37.3 Å². The molecule has 0 aliphatic heterocycles. The normalized spacial score (nSPS) is 13.4. The topological polar surface area (TPSA) is 93.1 Å². The van der Waals surface area contributed by atoms with Gasteiger partial charge in [0, 0.05) is 13.1 Å². The van der Waals surface area contributed by atoms with E-state index in [1.807, 2.05) is 0 Å². The molecule has 0 radical (unpaired) electrons. The lowest BCUT2D eigenvalue weighted by atomic mass is 10.0. The van der Waals surface area contributed by atoms with E-state index in [0.29, 0.717) is 17.9 Å². The fraction of sp³-hybridized carbons (Fsp3) is 0.375. The van der Waals surface area contributed by atoms with Crippen LogP contribution in [0.1, 0.15) is 30.9 Å². The van der Waals surface area contributed by atoms with Crippen molar-refractivity contribution in [3.8, 4) is 11.5 Å². The van der Waals surface area contributed by atoms with Gasteiger partial charge in [-0.25, -0.2) is 8.42 Å². The minimum atomic E-state index is -3.97. The highest BCUT2D eigenvalue weighted by atomic mass is 32.2. The Morgan fingerprint density at radius 3 is 1.78 bits per heavy atom. The summed E-state index contributed by atoms with van der Waals surface area (Å²) in [5, 5.41) is 8.33. The van der Waals surface area contributed by atoms with E-state index in [-0.39, 0.29) is 13.1 Å². The number of carbonyl (C=O) groups is 1. The van der Waals surface area contributed by atoms with Crippen LogP contribution in [0.15, 0.2) is 61.2 Å². The number of methoxy groups -OCH3 is 2. The first-order valence-electron chi connectivity index (χ1n) is 10.3. The maximum atomic E-state index is 13.7. The van der Waals surface area contributed by atoms with Crippen LogP contribution in [0.2, 0.25) is 0 Å². The van der Waals surface area contributed by atoms with Gasteiger partial charge in [-0.3, -0.25) is 4.79 Å². The Labute approximate surface area is 190 Å². The lowest BCUT2D eigenvalue weighted by Gasteiger charge is -2.30. The molecule has 8 heteroatoms. The molecule has 0 saturated carbocycles. The highest BCUT2D eigenvalue weighted by Crippen LogP contribution is 2.27. The number of sulfonamides is 1. The number of allylic oxidation sites excluding steroid dienone is 1. The van der Waals surface area contributed by atoms with Crippen molar-refractivity contribution >= 4 is 16.0 Å². The maximum Gasteiger partial charge on any atom is 0.304 e. The molecule has 1 N–H and O–H groups in total. The molecule has 0 spiro atoms. The highest BCUT2D eigenvalue weighted by Gasteiger charge is 2.37. The molecule has 2 aromatic rings. The van der Waals surface area contributed by atoms with Gasteiger partial charge in [-0.2, -0.15) is 4.31 Å². The highest BCUT2D eigenvalue weighted by molar-refractivity contribution is 7.89. The summed E-state index contributed by atoms with van der Waals surface area (Å²) in [5.74, 6) is -0.213. The second-order valence-corrected chi connectivity index (χ2v) is 9.80. The zero-order valence-corrected chi connectivity index (χ0v) is 19.5. The van der Waals surface area contributed by atoms with Crippen LogP contribution in [0.5, 0.6) is 11.5 Å². The molecule has 2 rings (SSSR count). The van der Waals surface area contributed by atoms with E-state index in [1.165, 1.54) is 4.31 Å². The van der Waals surface area contributed by atoms with E-state index in [1.54, 1.807) is 75.8 Å². The summed E-state index contributed by atoms with van der Waals surface area (Å²) in [6.07, 6.45) is 1.54. The van der Waals surface area contributed by atoms with Crippen molar-refractivity contribution < 1.29 is 27.8 Å². The summed E-state index contributed by atoms with van der Waals surface area (Å²) in [6, 6.07) is 14.3. The predicted octanol–water partition coefficient (Wildman–Crippen LogP) is 4.09. The maximum absolute atomic E-state index is 13.7. The summed E-state index contributed by atoms with van der Waals surface area (Å²) in [4.78, 5) is 11.5. The van der Waals surface area contributed by atoms with E-state index in [4.69, 9.17) is 9.47 Å². The molecular formula is C24H31NO6S. The molecule has 2 aromatic carbocycles. The SMILES string of the molecule is C=CC[C@H](C)C(CC(=O)O)S(=O)(=O)N(Cc1ccc(OC)cc1)Cc1ccc(OC)cc1. The molecule has 0 bridgehead atoms. The molecule has 174 valence electrons. The summed E-state index contributed by atoms with van der Waals surface area (Å²) in [6.45, 7) is 5.63. The van der Waals surface area contributed by atoms with Crippen molar-refractivity contribution in [3.63, 3.8) is 0 Å². The third kappa shape index (κ3) is 6.83. The summed E-state index contributed by atoms with van der Waals surface area (Å²) in [5.41, 5.74) is 1.54. The molecule has 0 aliphatic rings. The minimum absolute atomic E-state index is 0.106. The third-order valence-electron chi connectivity index (χ3n) is 5.33. The number of hydrogen-bond acceptors (Lipinski definition) is 5. The molecule has 0 fully saturated rings.